The Morgan fingerprint density at radius 3 is 2.50 bits per heavy atom. The maximum absolute atomic E-state index is 12.7. The number of ether oxygens (including phenoxy) is 2. The van der Waals surface area contributed by atoms with Gasteiger partial charge in [-0.3, -0.25) is 9.36 Å². The number of hydrogen-bond donors (Lipinski definition) is 1. The quantitative estimate of drug-likeness (QED) is 0.907. The zero-order valence-electron chi connectivity index (χ0n) is 16.0. The molecule has 1 aliphatic carbocycles. The minimum atomic E-state index is -0.576. The van der Waals surface area contributed by atoms with Gasteiger partial charge in [-0.2, -0.15) is 0 Å². The third-order valence-corrected chi connectivity index (χ3v) is 4.70. The van der Waals surface area contributed by atoms with E-state index in [2.05, 4.69) is 5.32 Å². The molecule has 140 valence electrons. The standard InChI is InChI=1S/C20H26N2O4/c1-13(23)21-12-20(8-9-20)16-11-22(18(24)26-19(2,3)4)17-7-6-14(25-5)10-15(16)17/h6-7,10-11H,8-9,12H2,1-5H3,(H,21,23). The van der Waals surface area contributed by atoms with Gasteiger partial charge < -0.3 is 14.8 Å². The van der Waals surface area contributed by atoms with E-state index in [9.17, 15) is 9.59 Å². The molecule has 0 unspecified atom stereocenters. The van der Waals surface area contributed by atoms with Crippen LogP contribution >= 0.6 is 0 Å². The lowest BCUT2D eigenvalue weighted by Crippen LogP contribution is -2.30. The molecule has 0 aliphatic heterocycles. The van der Waals surface area contributed by atoms with Gasteiger partial charge in [-0.25, -0.2) is 4.79 Å². The molecular weight excluding hydrogens is 332 g/mol. The molecule has 0 atom stereocenters. The van der Waals surface area contributed by atoms with Crippen LogP contribution < -0.4 is 10.1 Å². The highest BCUT2D eigenvalue weighted by atomic mass is 16.6. The molecule has 0 spiro atoms. The number of carbonyl (C=O) groups is 2. The van der Waals surface area contributed by atoms with Gasteiger partial charge in [-0.15, -0.1) is 0 Å². The fraction of sp³-hybridized carbons (Fsp3) is 0.500. The van der Waals surface area contributed by atoms with Crippen molar-refractivity contribution >= 4 is 22.9 Å². The molecule has 1 aromatic carbocycles. The van der Waals surface area contributed by atoms with E-state index in [0.717, 1.165) is 35.1 Å². The van der Waals surface area contributed by atoms with Crippen LogP contribution in [0.2, 0.25) is 0 Å². The molecule has 6 nitrogen and oxygen atoms in total. The zero-order valence-corrected chi connectivity index (χ0v) is 16.0. The van der Waals surface area contributed by atoms with Crippen molar-refractivity contribution in [1.82, 2.24) is 9.88 Å². The summed E-state index contributed by atoms with van der Waals surface area (Å²) in [5, 5.41) is 3.88. The van der Waals surface area contributed by atoms with Crippen molar-refractivity contribution < 1.29 is 19.1 Å². The van der Waals surface area contributed by atoms with Gasteiger partial charge in [0.1, 0.15) is 11.4 Å². The average Bonchev–Trinajstić information content (AvgIpc) is 3.24. The van der Waals surface area contributed by atoms with Crippen molar-refractivity contribution in [2.75, 3.05) is 13.7 Å². The molecule has 3 rings (SSSR count). The summed E-state index contributed by atoms with van der Waals surface area (Å²) in [5.41, 5.74) is 1.12. The van der Waals surface area contributed by atoms with E-state index in [1.807, 2.05) is 45.2 Å². The van der Waals surface area contributed by atoms with Gasteiger partial charge in [0.15, 0.2) is 0 Å². The minimum absolute atomic E-state index is 0.0512. The maximum Gasteiger partial charge on any atom is 0.419 e. The molecule has 0 bridgehead atoms. The fourth-order valence-electron chi connectivity index (χ4n) is 3.21. The van der Waals surface area contributed by atoms with Crippen molar-refractivity contribution in [1.29, 1.82) is 0 Å². The number of aromatic nitrogens is 1. The predicted octanol–water partition coefficient (Wildman–Crippen LogP) is 3.60. The van der Waals surface area contributed by atoms with E-state index in [1.165, 1.54) is 6.92 Å². The lowest BCUT2D eigenvalue weighted by molar-refractivity contribution is -0.119. The Kier molecular flexibility index (Phi) is 4.46. The normalized spacial score (nSPS) is 15.6. The topological polar surface area (TPSA) is 69.6 Å². The van der Waals surface area contributed by atoms with E-state index in [4.69, 9.17) is 9.47 Å². The Balaban J connectivity index is 2.08. The largest absolute Gasteiger partial charge is 0.497 e. The first-order chi connectivity index (χ1) is 12.1. The molecule has 1 saturated carbocycles. The van der Waals surface area contributed by atoms with E-state index in [-0.39, 0.29) is 11.3 Å². The lowest BCUT2D eigenvalue weighted by Gasteiger charge is -2.19. The Morgan fingerprint density at radius 1 is 1.27 bits per heavy atom. The molecule has 0 radical (unpaired) electrons. The molecule has 1 fully saturated rings. The first kappa shape index (κ1) is 18.3. The SMILES string of the molecule is COc1ccc2c(c1)c(C1(CNC(C)=O)CC1)cn2C(=O)OC(C)(C)C. The summed E-state index contributed by atoms with van der Waals surface area (Å²) in [6.07, 6.45) is 3.39. The molecular formula is C20H26N2O4. The van der Waals surface area contributed by atoms with Gasteiger partial charge in [0, 0.05) is 30.5 Å². The lowest BCUT2D eigenvalue weighted by atomic mass is 9.95. The van der Waals surface area contributed by atoms with Crippen molar-refractivity contribution in [2.45, 2.75) is 51.6 Å². The van der Waals surface area contributed by atoms with Crippen molar-refractivity contribution in [2.24, 2.45) is 0 Å². The van der Waals surface area contributed by atoms with Crippen LogP contribution in [-0.4, -0.2) is 35.8 Å². The number of nitrogens with one attached hydrogen (secondary N) is 1. The molecule has 0 saturated heterocycles. The number of nitrogens with zero attached hydrogens (tertiary/aromatic N) is 1. The third kappa shape index (κ3) is 3.54. The van der Waals surface area contributed by atoms with E-state index in [0.29, 0.717) is 6.54 Å². The monoisotopic (exact) mass is 358 g/mol. The van der Waals surface area contributed by atoms with Crippen LogP contribution in [0.4, 0.5) is 4.79 Å². The van der Waals surface area contributed by atoms with Crippen molar-refractivity contribution in [3.8, 4) is 5.75 Å². The molecule has 2 aromatic rings. The number of methoxy groups -OCH3 is 1. The number of rotatable bonds is 4. The molecule has 1 aromatic heterocycles. The molecule has 1 amide bonds. The smallest absolute Gasteiger partial charge is 0.419 e. The zero-order chi connectivity index (χ0) is 19.1. The highest BCUT2D eigenvalue weighted by Crippen LogP contribution is 2.50. The summed E-state index contributed by atoms with van der Waals surface area (Å²) >= 11 is 0. The Hall–Kier alpha value is -2.50. The maximum atomic E-state index is 12.7. The summed E-state index contributed by atoms with van der Waals surface area (Å²) in [4.78, 5) is 24.1. The van der Waals surface area contributed by atoms with Crippen molar-refractivity contribution in [3.63, 3.8) is 0 Å². The van der Waals surface area contributed by atoms with Crippen LogP contribution in [0, 0.1) is 0 Å². The van der Waals surface area contributed by atoms with Gasteiger partial charge in [0.25, 0.3) is 0 Å². The van der Waals surface area contributed by atoms with Gasteiger partial charge in [-0.1, -0.05) is 0 Å². The van der Waals surface area contributed by atoms with Gasteiger partial charge >= 0.3 is 6.09 Å². The van der Waals surface area contributed by atoms with Crippen LogP contribution in [0.15, 0.2) is 24.4 Å². The second-order valence-corrected chi connectivity index (χ2v) is 7.97. The summed E-state index contributed by atoms with van der Waals surface area (Å²) < 4.78 is 12.5. The Bertz CT molecular complexity index is 857. The Morgan fingerprint density at radius 2 is 1.96 bits per heavy atom. The van der Waals surface area contributed by atoms with Gasteiger partial charge in [-0.05, 0) is 57.4 Å². The molecule has 6 heteroatoms. The first-order valence-corrected chi connectivity index (χ1v) is 8.83. The van der Waals surface area contributed by atoms with Gasteiger partial charge in [0.05, 0.1) is 12.6 Å². The minimum Gasteiger partial charge on any atom is -0.497 e. The summed E-state index contributed by atoms with van der Waals surface area (Å²) in [6, 6.07) is 5.65. The fourth-order valence-corrected chi connectivity index (χ4v) is 3.21. The van der Waals surface area contributed by atoms with E-state index < -0.39 is 11.7 Å². The average molecular weight is 358 g/mol. The van der Waals surface area contributed by atoms with Gasteiger partial charge in [0.2, 0.25) is 5.91 Å². The summed E-state index contributed by atoms with van der Waals surface area (Å²) in [7, 11) is 1.62. The molecule has 1 aliphatic rings. The molecule has 1 N–H and O–H groups in total. The summed E-state index contributed by atoms with van der Waals surface area (Å²) in [6.45, 7) is 7.62. The van der Waals surface area contributed by atoms with E-state index >= 15 is 0 Å². The van der Waals surface area contributed by atoms with Crippen molar-refractivity contribution in [3.05, 3.63) is 30.0 Å². The van der Waals surface area contributed by atoms with Crippen LogP contribution in [0.5, 0.6) is 5.75 Å². The number of benzene rings is 1. The number of fused-ring (bicyclic) bond motifs is 1. The highest BCUT2D eigenvalue weighted by molar-refractivity contribution is 5.94. The van der Waals surface area contributed by atoms with Crippen LogP contribution in [-0.2, 0) is 14.9 Å². The number of carbonyl (C=O) groups excluding carboxylic acids is 2. The van der Waals surface area contributed by atoms with Crippen LogP contribution in [0.1, 0.15) is 46.1 Å². The highest BCUT2D eigenvalue weighted by Gasteiger charge is 2.46. The molecule has 26 heavy (non-hydrogen) atoms. The molecule has 1 heterocycles. The second kappa shape index (κ2) is 6.34. The van der Waals surface area contributed by atoms with Crippen LogP contribution in [0.3, 0.4) is 0 Å². The number of amides is 1. The second-order valence-electron chi connectivity index (χ2n) is 7.97. The third-order valence-electron chi connectivity index (χ3n) is 4.70. The van der Waals surface area contributed by atoms with Crippen LogP contribution in [0.25, 0.3) is 10.9 Å². The first-order valence-electron chi connectivity index (χ1n) is 8.83. The summed E-state index contributed by atoms with van der Waals surface area (Å²) in [5.74, 6) is 0.681. The number of hydrogen-bond acceptors (Lipinski definition) is 4. The predicted molar refractivity (Wildman–Crippen MR) is 99.7 cm³/mol. The van der Waals surface area contributed by atoms with E-state index in [1.54, 1.807) is 11.7 Å². The Labute approximate surface area is 153 Å².